The summed E-state index contributed by atoms with van der Waals surface area (Å²) in [5.41, 5.74) is -1.50. The first-order valence-electron chi connectivity index (χ1n) is 5.41. The molecule has 0 aromatic heterocycles. The average molecular weight is 269 g/mol. The third-order valence-corrected chi connectivity index (χ3v) is 2.93. The molecule has 1 aliphatic rings. The molecule has 0 aliphatic carbocycles. The van der Waals surface area contributed by atoms with Crippen molar-refractivity contribution in [1.29, 1.82) is 0 Å². The highest BCUT2D eigenvalue weighted by molar-refractivity contribution is 5.84. The first kappa shape index (κ1) is 14.6. The van der Waals surface area contributed by atoms with E-state index >= 15 is 0 Å². The van der Waals surface area contributed by atoms with Gasteiger partial charge in [-0.3, -0.25) is 4.90 Å². The Morgan fingerprint density at radius 3 is 2.50 bits per heavy atom. The average Bonchev–Trinajstić information content (AvgIpc) is 2.25. The van der Waals surface area contributed by atoms with Crippen LogP contribution in [0, 0.1) is 0 Å². The van der Waals surface area contributed by atoms with E-state index in [-0.39, 0.29) is 13.0 Å². The number of likely N-dealkylation sites (tertiary alicyclic amines) is 1. The van der Waals surface area contributed by atoms with Crippen LogP contribution in [-0.2, 0) is 9.53 Å². The maximum Gasteiger partial charge on any atom is 0.422 e. The van der Waals surface area contributed by atoms with Crippen molar-refractivity contribution in [3.05, 3.63) is 0 Å². The van der Waals surface area contributed by atoms with Crippen LogP contribution < -0.4 is 0 Å². The number of piperidine rings is 1. The molecule has 0 saturated carbocycles. The molecule has 1 amide bonds. The van der Waals surface area contributed by atoms with Crippen LogP contribution in [0.3, 0.4) is 0 Å². The SMILES string of the molecule is CC1(C(=O)O)CCCCN1C(=O)OCC(F)(F)F. The summed E-state index contributed by atoms with van der Waals surface area (Å²) < 4.78 is 39.9. The van der Waals surface area contributed by atoms with Crippen LogP contribution in [0.4, 0.5) is 18.0 Å². The Labute approximate surface area is 102 Å². The molecule has 1 atom stereocenters. The summed E-state index contributed by atoms with van der Waals surface area (Å²) in [4.78, 5) is 23.5. The number of alkyl halides is 3. The molecule has 1 N–H and O–H groups in total. The van der Waals surface area contributed by atoms with Crippen molar-refractivity contribution in [2.24, 2.45) is 0 Å². The molecule has 18 heavy (non-hydrogen) atoms. The molecule has 8 heteroatoms. The third-order valence-electron chi connectivity index (χ3n) is 2.93. The Hall–Kier alpha value is -1.47. The van der Waals surface area contributed by atoms with Crippen molar-refractivity contribution < 1.29 is 32.6 Å². The summed E-state index contributed by atoms with van der Waals surface area (Å²) in [7, 11) is 0. The molecule has 1 aliphatic heterocycles. The molecule has 1 heterocycles. The van der Waals surface area contributed by atoms with Gasteiger partial charge in [-0.2, -0.15) is 13.2 Å². The Morgan fingerprint density at radius 2 is 2.00 bits per heavy atom. The van der Waals surface area contributed by atoms with E-state index in [1.54, 1.807) is 0 Å². The van der Waals surface area contributed by atoms with Crippen LogP contribution in [-0.4, -0.2) is 46.9 Å². The highest BCUT2D eigenvalue weighted by Gasteiger charge is 2.45. The van der Waals surface area contributed by atoms with Gasteiger partial charge in [0.2, 0.25) is 0 Å². The minimum absolute atomic E-state index is 0.0828. The fourth-order valence-electron chi connectivity index (χ4n) is 1.86. The number of carboxylic acid groups (broad SMARTS) is 1. The maximum atomic E-state index is 11.9. The number of carbonyl (C=O) groups is 2. The van der Waals surface area contributed by atoms with Crippen molar-refractivity contribution >= 4 is 12.1 Å². The van der Waals surface area contributed by atoms with E-state index < -0.39 is 30.4 Å². The minimum atomic E-state index is -4.62. The van der Waals surface area contributed by atoms with E-state index in [1.807, 2.05) is 0 Å². The number of ether oxygens (including phenoxy) is 1. The molecular formula is C10H14F3NO4. The predicted molar refractivity (Wildman–Crippen MR) is 54.0 cm³/mol. The van der Waals surface area contributed by atoms with Crippen LogP contribution in [0.5, 0.6) is 0 Å². The molecule has 0 radical (unpaired) electrons. The number of carbonyl (C=O) groups excluding carboxylic acids is 1. The maximum absolute atomic E-state index is 11.9. The topological polar surface area (TPSA) is 66.8 Å². The zero-order chi connectivity index (χ0) is 14.0. The molecule has 1 fully saturated rings. The smallest absolute Gasteiger partial charge is 0.422 e. The van der Waals surface area contributed by atoms with Crippen molar-refractivity contribution in [2.75, 3.05) is 13.2 Å². The molecule has 5 nitrogen and oxygen atoms in total. The first-order valence-corrected chi connectivity index (χ1v) is 5.41. The van der Waals surface area contributed by atoms with Crippen LogP contribution >= 0.6 is 0 Å². The predicted octanol–water partition coefficient (Wildman–Crippen LogP) is 2.01. The van der Waals surface area contributed by atoms with Gasteiger partial charge in [-0.15, -0.1) is 0 Å². The van der Waals surface area contributed by atoms with E-state index in [9.17, 15) is 22.8 Å². The van der Waals surface area contributed by atoms with E-state index in [1.165, 1.54) is 6.92 Å². The zero-order valence-electron chi connectivity index (χ0n) is 9.79. The zero-order valence-corrected chi connectivity index (χ0v) is 9.79. The van der Waals surface area contributed by atoms with E-state index in [4.69, 9.17) is 5.11 Å². The fraction of sp³-hybridized carbons (Fsp3) is 0.800. The number of carboxylic acids is 1. The van der Waals surface area contributed by atoms with Crippen LogP contribution in [0.2, 0.25) is 0 Å². The van der Waals surface area contributed by atoms with Gasteiger partial charge in [0, 0.05) is 6.54 Å². The number of nitrogens with zero attached hydrogens (tertiary/aromatic N) is 1. The normalized spacial score (nSPS) is 24.8. The Kier molecular flexibility index (Phi) is 4.08. The lowest BCUT2D eigenvalue weighted by Gasteiger charge is -2.40. The molecule has 0 aromatic rings. The lowest BCUT2D eigenvalue weighted by molar-refractivity contribution is -0.166. The van der Waals surface area contributed by atoms with Gasteiger partial charge in [0.15, 0.2) is 6.61 Å². The second kappa shape index (κ2) is 5.03. The van der Waals surface area contributed by atoms with E-state index in [0.29, 0.717) is 12.8 Å². The van der Waals surface area contributed by atoms with Crippen molar-refractivity contribution in [1.82, 2.24) is 4.90 Å². The summed E-state index contributed by atoms with van der Waals surface area (Å²) in [6.07, 6.45) is -4.51. The largest absolute Gasteiger partial charge is 0.480 e. The van der Waals surface area contributed by atoms with Crippen LogP contribution in [0.1, 0.15) is 26.2 Å². The minimum Gasteiger partial charge on any atom is -0.480 e. The second-order valence-electron chi connectivity index (χ2n) is 4.36. The highest BCUT2D eigenvalue weighted by atomic mass is 19.4. The van der Waals surface area contributed by atoms with E-state index in [0.717, 1.165) is 4.90 Å². The molecular weight excluding hydrogens is 255 g/mol. The highest BCUT2D eigenvalue weighted by Crippen LogP contribution is 2.29. The molecule has 1 rings (SSSR count). The van der Waals surface area contributed by atoms with Gasteiger partial charge in [-0.25, -0.2) is 9.59 Å². The van der Waals surface area contributed by atoms with Crippen LogP contribution in [0.15, 0.2) is 0 Å². The molecule has 0 aromatic carbocycles. The molecule has 104 valence electrons. The summed E-state index contributed by atoms with van der Waals surface area (Å²) >= 11 is 0. The molecule has 0 spiro atoms. The van der Waals surface area contributed by atoms with Crippen molar-refractivity contribution in [3.8, 4) is 0 Å². The summed E-state index contributed by atoms with van der Waals surface area (Å²) in [5.74, 6) is -1.24. The van der Waals surface area contributed by atoms with Crippen molar-refractivity contribution in [2.45, 2.75) is 37.9 Å². The Bertz CT molecular complexity index is 345. The third kappa shape index (κ3) is 3.27. The van der Waals surface area contributed by atoms with Gasteiger partial charge < -0.3 is 9.84 Å². The molecule has 1 saturated heterocycles. The summed E-state index contributed by atoms with van der Waals surface area (Å²) in [6, 6.07) is 0. The number of rotatable bonds is 2. The van der Waals surface area contributed by atoms with Gasteiger partial charge in [-0.05, 0) is 26.2 Å². The van der Waals surface area contributed by atoms with Crippen molar-refractivity contribution in [3.63, 3.8) is 0 Å². The monoisotopic (exact) mass is 269 g/mol. The number of amides is 1. The molecule has 1 unspecified atom stereocenters. The van der Waals surface area contributed by atoms with Gasteiger partial charge in [0.1, 0.15) is 5.54 Å². The molecule has 0 bridgehead atoms. The lowest BCUT2D eigenvalue weighted by atomic mass is 9.89. The van der Waals surface area contributed by atoms with Gasteiger partial charge in [-0.1, -0.05) is 0 Å². The van der Waals surface area contributed by atoms with Crippen LogP contribution in [0.25, 0.3) is 0 Å². The summed E-state index contributed by atoms with van der Waals surface area (Å²) in [6.45, 7) is -0.319. The number of hydrogen-bond acceptors (Lipinski definition) is 3. The van der Waals surface area contributed by atoms with Gasteiger partial charge in [0.25, 0.3) is 0 Å². The second-order valence-corrected chi connectivity index (χ2v) is 4.36. The number of halogens is 3. The Balaban J connectivity index is 2.72. The number of aliphatic carboxylic acids is 1. The van der Waals surface area contributed by atoms with E-state index in [2.05, 4.69) is 4.74 Å². The Morgan fingerprint density at radius 1 is 1.39 bits per heavy atom. The number of hydrogen-bond donors (Lipinski definition) is 1. The first-order chi connectivity index (χ1) is 8.17. The summed E-state index contributed by atoms with van der Waals surface area (Å²) in [5, 5.41) is 9.07. The fourth-order valence-corrected chi connectivity index (χ4v) is 1.86. The standard InChI is InChI=1S/C10H14F3NO4/c1-9(7(15)16)4-2-3-5-14(9)8(17)18-6-10(11,12)13/h2-6H2,1H3,(H,15,16). The van der Waals surface area contributed by atoms with Gasteiger partial charge in [0.05, 0.1) is 0 Å². The quantitative estimate of drug-likeness (QED) is 0.832. The lowest BCUT2D eigenvalue weighted by Crippen LogP contribution is -2.57. The van der Waals surface area contributed by atoms with Gasteiger partial charge >= 0.3 is 18.2 Å².